The van der Waals surface area contributed by atoms with Crippen molar-refractivity contribution in [2.24, 2.45) is 17.6 Å². The van der Waals surface area contributed by atoms with Crippen LogP contribution in [0.15, 0.2) is 30.3 Å². The molecule has 0 saturated heterocycles. The highest BCUT2D eigenvalue weighted by Gasteiger charge is 2.32. The van der Waals surface area contributed by atoms with E-state index >= 15 is 0 Å². The minimum Gasteiger partial charge on any atom is -0.480 e. The molecule has 0 saturated carbocycles. The van der Waals surface area contributed by atoms with Crippen molar-refractivity contribution in [2.45, 2.75) is 65.1 Å². The Balaban J connectivity index is 2.92. The molecular weight excluding hydrogens is 370 g/mol. The highest BCUT2D eigenvalue weighted by Crippen LogP contribution is 2.14. The summed E-state index contributed by atoms with van der Waals surface area (Å²) >= 11 is 0. The molecule has 7 heteroatoms. The molecule has 0 bridgehead atoms. The van der Waals surface area contributed by atoms with E-state index in [0.717, 1.165) is 5.56 Å². The van der Waals surface area contributed by atoms with E-state index < -0.39 is 30.0 Å². The topological polar surface area (TPSA) is 113 Å². The van der Waals surface area contributed by atoms with Crippen molar-refractivity contribution in [1.29, 1.82) is 0 Å². The summed E-state index contributed by atoms with van der Waals surface area (Å²) in [5, 5.41) is 12.0. The van der Waals surface area contributed by atoms with E-state index in [-0.39, 0.29) is 17.7 Å². The molecule has 0 spiro atoms. The Kier molecular flexibility index (Phi) is 9.81. The lowest BCUT2D eigenvalue weighted by atomic mass is 9.98. The van der Waals surface area contributed by atoms with Gasteiger partial charge in [0.1, 0.15) is 12.1 Å². The Hall–Kier alpha value is -2.41. The lowest BCUT2D eigenvalue weighted by Crippen LogP contribution is -2.55. The van der Waals surface area contributed by atoms with Crippen LogP contribution >= 0.6 is 0 Å². The van der Waals surface area contributed by atoms with Crippen LogP contribution in [0.5, 0.6) is 0 Å². The third-order valence-corrected chi connectivity index (χ3v) is 4.75. The van der Waals surface area contributed by atoms with Gasteiger partial charge in [0.25, 0.3) is 0 Å². The molecular formula is C22H35N3O4. The van der Waals surface area contributed by atoms with E-state index in [1.807, 2.05) is 58.0 Å². The first kappa shape index (κ1) is 24.6. The molecule has 0 fully saturated rings. The average molecular weight is 406 g/mol. The first-order valence-corrected chi connectivity index (χ1v) is 10.1. The summed E-state index contributed by atoms with van der Waals surface area (Å²) in [5.41, 5.74) is 7.06. The lowest BCUT2D eigenvalue weighted by Gasteiger charge is -2.31. The Morgan fingerprint density at radius 3 is 2.07 bits per heavy atom. The number of carbonyl (C=O) groups is 3. The predicted molar refractivity (Wildman–Crippen MR) is 113 cm³/mol. The molecule has 0 heterocycles. The van der Waals surface area contributed by atoms with E-state index in [1.54, 1.807) is 7.05 Å². The SMILES string of the molecule is CC(C)C[C@H](NC(=O)[C@H](CC(C)C)N(C)C(=O)[C@H](N)Cc1ccccc1)C(=O)O. The molecule has 0 radical (unpaired) electrons. The molecule has 3 atom stereocenters. The van der Waals surface area contributed by atoms with Crippen LogP contribution in [-0.4, -0.2) is 53.0 Å². The van der Waals surface area contributed by atoms with E-state index in [2.05, 4.69) is 5.32 Å². The maximum atomic E-state index is 12.9. The van der Waals surface area contributed by atoms with Crippen LogP contribution in [0.25, 0.3) is 0 Å². The van der Waals surface area contributed by atoms with Crippen LogP contribution in [0.3, 0.4) is 0 Å². The van der Waals surface area contributed by atoms with Crippen LogP contribution in [0.2, 0.25) is 0 Å². The standard InChI is InChI=1S/C22H35N3O4/c1-14(2)11-18(22(28)29)24-20(26)19(12-15(3)4)25(5)21(27)17(23)13-16-9-7-6-8-10-16/h6-10,14-15,17-19H,11-13,23H2,1-5H3,(H,24,26)(H,28,29)/t17-,18+,19+/m1/s1. The summed E-state index contributed by atoms with van der Waals surface area (Å²) in [6.07, 6.45) is 1.10. The molecule has 0 aliphatic heterocycles. The number of rotatable bonds is 11. The van der Waals surface area contributed by atoms with Crippen molar-refractivity contribution >= 4 is 17.8 Å². The van der Waals surface area contributed by atoms with Gasteiger partial charge >= 0.3 is 5.97 Å². The van der Waals surface area contributed by atoms with Crippen LogP contribution in [-0.2, 0) is 20.8 Å². The second-order valence-electron chi connectivity index (χ2n) is 8.42. The largest absolute Gasteiger partial charge is 0.480 e. The van der Waals surface area contributed by atoms with Gasteiger partial charge in [0.15, 0.2) is 0 Å². The fraction of sp³-hybridized carbons (Fsp3) is 0.591. The Labute approximate surface area is 173 Å². The zero-order chi connectivity index (χ0) is 22.1. The van der Waals surface area contributed by atoms with Gasteiger partial charge in [0.2, 0.25) is 11.8 Å². The number of carbonyl (C=O) groups excluding carboxylic acids is 2. The summed E-state index contributed by atoms with van der Waals surface area (Å²) in [7, 11) is 1.55. The molecule has 0 unspecified atom stereocenters. The molecule has 1 aromatic carbocycles. The zero-order valence-electron chi connectivity index (χ0n) is 18.1. The molecule has 4 N–H and O–H groups in total. The molecule has 0 aromatic heterocycles. The monoisotopic (exact) mass is 405 g/mol. The quantitative estimate of drug-likeness (QED) is 0.521. The number of nitrogens with two attached hydrogens (primary N) is 1. The molecule has 162 valence electrons. The Morgan fingerprint density at radius 2 is 1.59 bits per heavy atom. The predicted octanol–water partition coefficient (Wildman–Crippen LogP) is 2.05. The maximum absolute atomic E-state index is 12.9. The lowest BCUT2D eigenvalue weighted by molar-refractivity contribution is -0.145. The molecule has 2 amide bonds. The van der Waals surface area contributed by atoms with Gasteiger partial charge in [-0.15, -0.1) is 0 Å². The van der Waals surface area contributed by atoms with Gasteiger partial charge in [0.05, 0.1) is 6.04 Å². The van der Waals surface area contributed by atoms with Crippen LogP contribution < -0.4 is 11.1 Å². The highest BCUT2D eigenvalue weighted by molar-refractivity contribution is 5.91. The van der Waals surface area contributed by atoms with E-state index in [0.29, 0.717) is 19.3 Å². The third-order valence-electron chi connectivity index (χ3n) is 4.75. The Morgan fingerprint density at radius 1 is 1.03 bits per heavy atom. The number of amides is 2. The van der Waals surface area contributed by atoms with Gasteiger partial charge in [-0.3, -0.25) is 9.59 Å². The van der Waals surface area contributed by atoms with Crippen molar-refractivity contribution in [3.63, 3.8) is 0 Å². The molecule has 7 nitrogen and oxygen atoms in total. The number of benzene rings is 1. The minimum atomic E-state index is -1.08. The number of nitrogens with zero attached hydrogens (tertiary/aromatic N) is 1. The van der Waals surface area contributed by atoms with Gasteiger partial charge < -0.3 is 21.1 Å². The molecule has 1 rings (SSSR count). The first-order valence-electron chi connectivity index (χ1n) is 10.1. The van der Waals surface area contributed by atoms with Gasteiger partial charge in [-0.25, -0.2) is 4.79 Å². The molecule has 0 aliphatic carbocycles. The average Bonchev–Trinajstić information content (AvgIpc) is 2.64. The molecule has 0 aliphatic rings. The first-order chi connectivity index (χ1) is 13.5. The van der Waals surface area contributed by atoms with E-state index in [4.69, 9.17) is 5.73 Å². The fourth-order valence-corrected chi connectivity index (χ4v) is 3.22. The number of carboxylic acid groups (broad SMARTS) is 1. The molecule has 1 aromatic rings. The van der Waals surface area contributed by atoms with Crippen LogP contribution in [0, 0.1) is 11.8 Å². The van der Waals surface area contributed by atoms with Crippen molar-refractivity contribution < 1.29 is 19.5 Å². The van der Waals surface area contributed by atoms with E-state index in [9.17, 15) is 19.5 Å². The van der Waals surface area contributed by atoms with Crippen molar-refractivity contribution in [1.82, 2.24) is 10.2 Å². The smallest absolute Gasteiger partial charge is 0.326 e. The second kappa shape index (κ2) is 11.6. The summed E-state index contributed by atoms with van der Waals surface area (Å²) in [4.78, 5) is 38.6. The molecule has 29 heavy (non-hydrogen) atoms. The number of nitrogens with one attached hydrogen (secondary N) is 1. The summed E-state index contributed by atoms with van der Waals surface area (Å²) in [6, 6.07) is 6.90. The van der Waals surface area contributed by atoms with Gasteiger partial charge in [-0.1, -0.05) is 58.0 Å². The summed E-state index contributed by atoms with van der Waals surface area (Å²) in [5.74, 6) is -1.64. The minimum absolute atomic E-state index is 0.110. The van der Waals surface area contributed by atoms with Crippen molar-refractivity contribution in [3.05, 3.63) is 35.9 Å². The van der Waals surface area contributed by atoms with Gasteiger partial charge in [0, 0.05) is 7.05 Å². The van der Waals surface area contributed by atoms with Crippen LogP contribution in [0.1, 0.15) is 46.1 Å². The van der Waals surface area contributed by atoms with Gasteiger partial charge in [-0.05, 0) is 36.7 Å². The summed E-state index contributed by atoms with van der Waals surface area (Å²) in [6.45, 7) is 7.69. The number of likely N-dealkylation sites (N-methyl/N-ethyl adjacent to an activating group) is 1. The van der Waals surface area contributed by atoms with Gasteiger partial charge in [-0.2, -0.15) is 0 Å². The number of aliphatic carboxylic acids is 1. The number of carboxylic acids is 1. The fourth-order valence-electron chi connectivity index (χ4n) is 3.22. The van der Waals surface area contributed by atoms with Crippen molar-refractivity contribution in [3.8, 4) is 0 Å². The Bertz CT molecular complexity index is 676. The maximum Gasteiger partial charge on any atom is 0.326 e. The highest BCUT2D eigenvalue weighted by atomic mass is 16.4. The number of hydrogen-bond acceptors (Lipinski definition) is 4. The second-order valence-corrected chi connectivity index (χ2v) is 8.42. The third kappa shape index (κ3) is 8.23. The normalized spacial score (nSPS) is 14.3. The van der Waals surface area contributed by atoms with Crippen molar-refractivity contribution in [2.75, 3.05) is 7.05 Å². The zero-order valence-corrected chi connectivity index (χ0v) is 18.1. The summed E-state index contributed by atoms with van der Waals surface area (Å²) < 4.78 is 0. The number of hydrogen-bond donors (Lipinski definition) is 3. The van der Waals surface area contributed by atoms with Crippen LogP contribution in [0.4, 0.5) is 0 Å². The van der Waals surface area contributed by atoms with E-state index in [1.165, 1.54) is 4.90 Å².